The second-order valence-corrected chi connectivity index (χ2v) is 11.4. The Morgan fingerprint density at radius 3 is 1.45 bits per heavy atom. The fourth-order valence-electron chi connectivity index (χ4n) is 5.85. The monoisotopic (exact) mass is 585 g/mol. The summed E-state index contributed by atoms with van der Waals surface area (Å²) >= 11 is 1.45. The van der Waals surface area contributed by atoms with Gasteiger partial charge in [-0.1, -0.05) is 72.5 Å². The second-order valence-electron chi connectivity index (χ2n) is 10.4. The lowest BCUT2D eigenvalue weighted by Gasteiger charge is -2.15. The molecule has 44 heavy (non-hydrogen) atoms. The molecule has 1 N–H and O–H groups in total. The molecular formula is C38H23N3O2S. The molecule has 8 bridgehead atoms. The molecular weight excluding hydrogens is 563 g/mol. The van der Waals surface area contributed by atoms with Gasteiger partial charge in [0.25, 0.3) is 0 Å². The third-order valence-electron chi connectivity index (χ3n) is 7.80. The molecule has 5 aromatic rings. The van der Waals surface area contributed by atoms with Crippen molar-refractivity contribution in [2.75, 3.05) is 13.2 Å². The summed E-state index contributed by atoms with van der Waals surface area (Å²) in [6, 6.07) is 24.7. The van der Waals surface area contributed by atoms with E-state index in [1.54, 1.807) is 0 Å². The Labute approximate surface area is 258 Å². The second kappa shape index (κ2) is 10.5. The van der Waals surface area contributed by atoms with Crippen molar-refractivity contribution < 1.29 is 9.47 Å². The van der Waals surface area contributed by atoms with Crippen molar-refractivity contribution in [2.45, 2.75) is 0 Å². The van der Waals surface area contributed by atoms with E-state index in [-0.39, 0.29) is 0 Å². The van der Waals surface area contributed by atoms with Crippen LogP contribution < -0.4 is 9.47 Å². The van der Waals surface area contributed by atoms with Gasteiger partial charge in [-0.05, 0) is 47.6 Å². The molecule has 0 amide bonds. The van der Waals surface area contributed by atoms with Crippen LogP contribution in [-0.4, -0.2) is 28.2 Å². The van der Waals surface area contributed by atoms with Crippen LogP contribution in [0, 0.1) is 24.7 Å². The zero-order valence-corrected chi connectivity index (χ0v) is 24.2. The van der Waals surface area contributed by atoms with Gasteiger partial charge in [-0.2, -0.15) is 0 Å². The number of thiophene rings is 1. The van der Waals surface area contributed by atoms with Gasteiger partial charge in [-0.25, -0.2) is 9.97 Å². The molecule has 8 rings (SSSR count). The molecule has 3 aliphatic rings. The van der Waals surface area contributed by atoms with Gasteiger partial charge in [-0.3, -0.25) is 0 Å². The number of rotatable bonds is 2. The molecule has 3 aliphatic heterocycles. The molecule has 2 aromatic carbocycles. The van der Waals surface area contributed by atoms with E-state index in [4.69, 9.17) is 32.3 Å². The van der Waals surface area contributed by atoms with Gasteiger partial charge in [0.2, 0.25) is 0 Å². The van der Waals surface area contributed by atoms with Crippen molar-refractivity contribution in [1.29, 1.82) is 0 Å². The van der Waals surface area contributed by atoms with Crippen molar-refractivity contribution in [3.63, 3.8) is 0 Å². The Hall–Kier alpha value is -5.82. The van der Waals surface area contributed by atoms with Gasteiger partial charge in [0.15, 0.2) is 11.5 Å². The predicted octanol–water partition coefficient (Wildman–Crippen LogP) is 8.46. The first kappa shape index (κ1) is 25.9. The van der Waals surface area contributed by atoms with Gasteiger partial charge < -0.3 is 14.5 Å². The average Bonchev–Trinajstić information content (AvgIpc) is 3.89. The van der Waals surface area contributed by atoms with E-state index < -0.39 is 0 Å². The van der Waals surface area contributed by atoms with Crippen LogP contribution in [0.25, 0.3) is 67.0 Å². The number of nitrogens with zero attached hydrogens (tertiary/aromatic N) is 2. The van der Waals surface area contributed by atoms with Crippen molar-refractivity contribution in [1.82, 2.24) is 15.0 Å². The number of nitrogens with one attached hydrogen (secondary N) is 1. The van der Waals surface area contributed by atoms with Crippen LogP contribution >= 0.6 is 11.3 Å². The molecule has 3 aromatic heterocycles. The predicted molar refractivity (Wildman–Crippen MR) is 180 cm³/mol. The van der Waals surface area contributed by atoms with Crippen LogP contribution in [0.4, 0.5) is 0 Å². The van der Waals surface area contributed by atoms with Crippen LogP contribution in [0.3, 0.4) is 0 Å². The third-order valence-corrected chi connectivity index (χ3v) is 8.98. The first-order chi connectivity index (χ1) is 21.7. The first-order valence-corrected chi connectivity index (χ1v) is 15.0. The number of aromatic amines is 1. The van der Waals surface area contributed by atoms with E-state index in [1.807, 2.05) is 60.7 Å². The smallest absolute Gasteiger partial charge is 0.181 e. The third kappa shape index (κ3) is 4.13. The van der Waals surface area contributed by atoms with Gasteiger partial charge in [0.1, 0.15) is 13.2 Å². The topological polar surface area (TPSA) is 60.0 Å². The van der Waals surface area contributed by atoms with Crippen LogP contribution in [0.1, 0.15) is 33.9 Å². The number of aromatic nitrogens is 3. The summed E-state index contributed by atoms with van der Waals surface area (Å²) in [6.07, 6.45) is 20.3. The standard InChI is InChI=1S/C38H23N3O2S/c1-3-25-27-15-17-29(39-27)33(23-11-7-5-8-12-23)31-19-20-32(41-31)34(24-13-9-6-10-14-24)30-18-16-28(40-30)26(4-2)38-36-35(37(25)44-38)42-21-22-43-36/h1-2,5-20,41H,21-22H2. The van der Waals surface area contributed by atoms with Crippen LogP contribution in [0.15, 0.2) is 72.8 Å². The fourth-order valence-corrected chi connectivity index (χ4v) is 7.08. The van der Waals surface area contributed by atoms with E-state index >= 15 is 0 Å². The zero-order chi connectivity index (χ0) is 29.6. The Kier molecular flexibility index (Phi) is 6.15. The minimum absolute atomic E-state index is 0.411. The summed E-state index contributed by atoms with van der Waals surface area (Å²) in [5.74, 6) is 6.97. The molecule has 0 atom stereocenters. The lowest BCUT2D eigenvalue weighted by Crippen LogP contribution is -2.14. The number of benzene rings is 2. The highest BCUT2D eigenvalue weighted by Gasteiger charge is 2.25. The highest BCUT2D eigenvalue weighted by atomic mass is 32.1. The largest absolute Gasteiger partial charge is 0.485 e. The molecule has 0 radical (unpaired) electrons. The summed E-state index contributed by atoms with van der Waals surface area (Å²) in [4.78, 5) is 13.9. The number of ether oxygens (including phenoxy) is 2. The van der Waals surface area contributed by atoms with Crippen molar-refractivity contribution >= 4 is 56.1 Å². The van der Waals surface area contributed by atoms with Gasteiger partial charge in [0, 0.05) is 22.2 Å². The lowest BCUT2D eigenvalue weighted by atomic mass is 10.0. The minimum atomic E-state index is 0.411. The molecule has 0 spiro atoms. The van der Waals surface area contributed by atoms with Crippen LogP contribution in [-0.2, 0) is 0 Å². The van der Waals surface area contributed by atoms with Gasteiger partial charge in [-0.15, -0.1) is 24.2 Å². The summed E-state index contributed by atoms with van der Waals surface area (Å²) in [6.45, 7) is 0.822. The SMILES string of the molecule is C#Cc1c2nc(c(-c3ccccc3)c3ccc([nH]3)c(-c3ccccc3)c3nc(c(C#C)c4sc1c1c4OCCO1)C=C3)C=C2. The minimum Gasteiger partial charge on any atom is -0.485 e. The van der Waals surface area contributed by atoms with E-state index in [2.05, 4.69) is 53.2 Å². The maximum absolute atomic E-state index is 6.18. The Morgan fingerprint density at radius 2 is 1.02 bits per heavy atom. The Bertz CT molecular complexity index is 2140. The Balaban J connectivity index is 1.61. The highest BCUT2D eigenvalue weighted by Crippen LogP contribution is 2.49. The number of hydrogen-bond donors (Lipinski definition) is 1. The normalized spacial score (nSPS) is 13.0. The summed E-state index contributed by atoms with van der Waals surface area (Å²) in [7, 11) is 0. The summed E-state index contributed by atoms with van der Waals surface area (Å²) < 4.78 is 13.9. The number of hydrogen-bond acceptors (Lipinski definition) is 5. The number of fused-ring (bicyclic) bond motifs is 11. The van der Waals surface area contributed by atoms with Crippen LogP contribution in [0.5, 0.6) is 11.5 Å². The van der Waals surface area contributed by atoms with Crippen LogP contribution in [0.2, 0.25) is 0 Å². The molecule has 0 aliphatic carbocycles. The highest BCUT2D eigenvalue weighted by molar-refractivity contribution is 7.25. The number of terminal acetylenes is 2. The molecule has 0 saturated carbocycles. The lowest BCUT2D eigenvalue weighted by molar-refractivity contribution is 0.177. The first-order valence-electron chi connectivity index (χ1n) is 14.2. The van der Waals surface area contributed by atoms with Gasteiger partial charge in [0.05, 0.1) is 43.3 Å². The summed E-state index contributed by atoms with van der Waals surface area (Å²) in [5, 5.41) is 0. The zero-order valence-electron chi connectivity index (χ0n) is 23.4. The van der Waals surface area contributed by atoms with E-state index in [0.29, 0.717) is 47.2 Å². The molecule has 5 nitrogen and oxygen atoms in total. The molecule has 0 saturated heterocycles. The Morgan fingerprint density at radius 1 is 0.591 bits per heavy atom. The molecule has 208 valence electrons. The molecule has 0 fully saturated rings. The van der Waals surface area contributed by atoms with Gasteiger partial charge >= 0.3 is 0 Å². The molecule has 0 unspecified atom stereocenters. The van der Waals surface area contributed by atoms with Crippen molar-refractivity contribution in [3.8, 4) is 58.4 Å². The quantitative estimate of drug-likeness (QED) is 0.207. The van der Waals surface area contributed by atoms with E-state index in [1.165, 1.54) is 11.3 Å². The van der Waals surface area contributed by atoms with E-state index in [0.717, 1.165) is 54.1 Å². The average molecular weight is 586 g/mol. The molecule has 6 heterocycles. The maximum atomic E-state index is 6.18. The fraction of sp³-hybridized carbons (Fsp3) is 0.0526. The molecule has 6 heteroatoms. The van der Waals surface area contributed by atoms with Crippen molar-refractivity contribution in [3.05, 3.63) is 107 Å². The van der Waals surface area contributed by atoms with Crippen molar-refractivity contribution in [2.24, 2.45) is 0 Å². The maximum Gasteiger partial charge on any atom is 0.181 e. The summed E-state index contributed by atoms with van der Waals surface area (Å²) in [5.41, 5.74) is 10.0. The number of H-pyrrole nitrogens is 1. The van der Waals surface area contributed by atoms with E-state index in [9.17, 15) is 0 Å².